The number of rotatable bonds is 5. The number of oxazole rings is 1. The van der Waals surface area contributed by atoms with E-state index in [4.69, 9.17) is 10.2 Å². The smallest absolute Gasteiger partial charge is 0.277 e. The van der Waals surface area contributed by atoms with Gasteiger partial charge in [-0.1, -0.05) is 26.0 Å². The predicted molar refractivity (Wildman–Crippen MR) is 77.5 cm³/mol. The molecule has 0 radical (unpaired) electrons. The second kappa shape index (κ2) is 6.34. The molecule has 0 aliphatic carbocycles. The standard InChI is InChI=1S/C15H19N3O2/c1-3-10-5-7-11(8-6-10)17-14(19)13-9-20-15(18-13)12(16)4-2/h5-9,12H,3-4,16H2,1-2H3,(H,17,19). The zero-order valence-corrected chi connectivity index (χ0v) is 11.7. The molecule has 2 rings (SSSR count). The van der Waals surface area contributed by atoms with Crippen molar-refractivity contribution in [2.45, 2.75) is 32.7 Å². The molecule has 1 atom stereocenters. The zero-order chi connectivity index (χ0) is 14.5. The molecule has 0 aliphatic heterocycles. The molecule has 20 heavy (non-hydrogen) atoms. The van der Waals surface area contributed by atoms with Gasteiger partial charge >= 0.3 is 0 Å². The van der Waals surface area contributed by atoms with Gasteiger partial charge in [0.25, 0.3) is 5.91 Å². The van der Waals surface area contributed by atoms with E-state index in [0.29, 0.717) is 12.3 Å². The molecule has 0 bridgehead atoms. The van der Waals surface area contributed by atoms with Crippen molar-refractivity contribution < 1.29 is 9.21 Å². The molecule has 2 aromatic rings. The first kappa shape index (κ1) is 14.3. The average Bonchev–Trinajstić information content (AvgIpc) is 2.97. The Kier molecular flexibility index (Phi) is 4.53. The second-order valence-electron chi connectivity index (χ2n) is 4.59. The largest absolute Gasteiger partial charge is 0.446 e. The van der Waals surface area contributed by atoms with Crippen molar-refractivity contribution in [3.8, 4) is 0 Å². The zero-order valence-electron chi connectivity index (χ0n) is 11.7. The topological polar surface area (TPSA) is 81.2 Å². The van der Waals surface area contributed by atoms with Crippen LogP contribution in [0.1, 0.15) is 48.3 Å². The summed E-state index contributed by atoms with van der Waals surface area (Å²) in [5.41, 5.74) is 8.00. The lowest BCUT2D eigenvalue weighted by Crippen LogP contribution is -2.14. The van der Waals surface area contributed by atoms with Gasteiger partial charge in [0.05, 0.1) is 6.04 Å². The van der Waals surface area contributed by atoms with Crippen LogP contribution in [0.15, 0.2) is 34.9 Å². The third-order valence-electron chi connectivity index (χ3n) is 3.13. The van der Waals surface area contributed by atoms with Crippen molar-refractivity contribution >= 4 is 11.6 Å². The van der Waals surface area contributed by atoms with Crippen LogP contribution in [0, 0.1) is 0 Å². The summed E-state index contributed by atoms with van der Waals surface area (Å²) < 4.78 is 5.22. The molecule has 1 amide bonds. The number of amides is 1. The van der Waals surface area contributed by atoms with Crippen molar-refractivity contribution in [1.29, 1.82) is 0 Å². The molecule has 5 heteroatoms. The van der Waals surface area contributed by atoms with E-state index in [0.717, 1.165) is 12.1 Å². The van der Waals surface area contributed by atoms with Crippen LogP contribution in [0.25, 0.3) is 0 Å². The minimum Gasteiger partial charge on any atom is -0.446 e. The van der Waals surface area contributed by atoms with Crippen LogP contribution < -0.4 is 11.1 Å². The van der Waals surface area contributed by atoms with Gasteiger partial charge < -0.3 is 15.5 Å². The summed E-state index contributed by atoms with van der Waals surface area (Å²) in [6, 6.07) is 7.43. The maximum atomic E-state index is 12.0. The summed E-state index contributed by atoms with van der Waals surface area (Å²) in [7, 11) is 0. The minimum absolute atomic E-state index is 0.239. The lowest BCUT2D eigenvalue weighted by atomic mass is 10.1. The van der Waals surface area contributed by atoms with Gasteiger partial charge in [-0.3, -0.25) is 4.79 Å². The van der Waals surface area contributed by atoms with E-state index in [9.17, 15) is 4.79 Å². The fraction of sp³-hybridized carbons (Fsp3) is 0.333. The first-order valence-corrected chi connectivity index (χ1v) is 6.75. The van der Waals surface area contributed by atoms with Gasteiger partial charge in [0.2, 0.25) is 5.89 Å². The lowest BCUT2D eigenvalue weighted by Gasteiger charge is -2.04. The van der Waals surface area contributed by atoms with Crippen LogP contribution in [-0.2, 0) is 6.42 Å². The van der Waals surface area contributed by atoms with E-state index in [-0.39, 0.29) is 17.6 Å². The molecule has 5 nitrogen and oxygen atoms in total. The molecule has 0 fully saturated rings. The number of carbonyl (C=O) groups excluding carboxylic acids is 1. The highest BCUT2D eigenvalue weighted by molar-refractivity contribution is 6.02. The van der Waals surface area contributed by atoms with E-state index in [1.807, 2.05) is 31.2 Å². The third kappa shape index (κ3) is 3.24. The summed E-state index contributed by atoms with van der Waals surface area (Å²) in [5.74, 6) is 0.0894. The number of nitrogens with two attached hydrogens (primary N) is 1. The molecule has 106 valence electrons. The monoisotopic (exact) mass is 273 g/mol. The Balaban J connectivity index is 2.05. The highest BCUT2D eigenvalue weighted by Gasteiger charge is 2.15. The number of hydrogen-bond acceptors (Lipinski definition) is 4. The van der Waals surface area contributed by atoms with Crippen LogP contribution in [0.2, 0.25) is 0 Å². The molecule has 1 unspecified atom stereocenters. The van der Waals surface area contributed by atoms with E-state index < -0.39 is 0 Å². The normalized spacial score (nSPS) is 12.2. The first-order chi connectivity index (χ1) is 9.63. The summed E-state index contributed by atoms with van der Waals surface area (Å²) in [5, 5.41) is 2.78. The van der Waals surface area contributed by atoms with Gasteiger partial charge in [-0.15, -0.1) is 0 Å². The molecular weight excluding hydrogens is 254 g/mol. The first-order valence-electron chi connectivity index (χ1n) is 6.75. The molecule has 1 aromatic carbocycles. The van der Waals surface area contributed by atoms with Gasteiger partial charge in [0, 0.05) is 5.69 Å². The maximum absolute atomic E-state index is 12.0. The highest BCUT2D eigenvalue weighted by Crippen LogP contribution is 2.15. The van der Waals surface area contributed by atoms with Crippen molar-refractivity contribution in [2.24, 2.45) is 5.73 Å². The van der Waals surface area contributed by atoms with Gasteiger partial charge in [-0.25, -0.2) is 4.98 Å². The molecule has 1 heterocycles. The molecule has 0 aliphatic rings. The lowest BCUT2D eigenvalue weighted by molar-refractivity contribution is 0.102. The van der Waals surface area contributed by atoms with E-state index in [1.165, 1.54) is 11.8 Å². The second-order valence-corrected chi connectivity index (χ2v) is 4.59. The van der Waals surface area contributed by atoms with Gasteiger partial charge in [-0.05, 0) is 30.5 Å². The van der Waals surface area contributed by atoms with Crippen LogP contribution in [0.5, 0.6) is 0 Å². The molecule has 0 spiro atoms. The van der Waals surface area contributed by atoms with E-state index in [2.05, 4.69) is 17.2 Å². The van der Waals surface area contributed by atoms with E-state index in [1.54, 1.807) is 0 Å². The Hall–Kier alpha value is -2.14. The molecule has 1 aromatic heterocycles. The van der Waals surface area contributed by atoms with Crippen LogP contribution in [0.4, 0.5) is 5.69 Å². The number of benzene rings is 1. The number of anilines is 1. The average molecular weight is 273 g/mol. The van der Waals surface area contributed by atoms with Gasteiger partial charge in [0.1, 0.15) is 6.26 Å². The minimum atomic E-state index is -0.299. The Morgan fingerprint density at radius 3 is 2.65 bits per heavy atom. The maximum Gasteiger partial charge on any atom is 0.277 e. The fourth-order valence-electron chi connectivity index (χ4n) is 1.76. The third-order valence-corrected chi connectivity index (χ3v) is 3.13. The van der Waals surface area contributed by atoms with Crippen molar-refractivity contribution in [1.82, 2.24) is 4.98 Å². The Morgan fingerprint density at radius 2 is 2.05 bits per heavy atom. The van der Waals surface area contributed by atoms with Crippen molar-refractivity contribution in [3.63, 3.8) is 0 Å². The number of nitrogens with one attached hydrogen (secondary N) is 1. The summed E-state index contributed by atoms with van der Waals surface area (Å²) >= 11 is 0. The number of nitrogens with zero attached hydrogens (tertiary/aromatic N) is 1. The van der Waals surface area contributed by atoms with Crippen LogP contribution in [-0.4, -0.2) is 10.9 Å². The number of carbonyl (C=O) groups is 1. The van der Waals surface area contributed by atoms with Gasteiger partial charge in [-0.2, -0.15) is 0 Å². The summed E-state index contributed by atoms with van der Waals surface area (Å²) in [4.78, 5) is 16.1. The van der Waals surface area contributed by atoms with Crippen molar-refractivity contribution in [3.05, 3.63) is 47.7 Å². The van der Waals surface area contributed by atoms with Crippen LogP contribution >= 0.6 is 0 Å². The molecular formula is C15H19N3O2. The SMILES string of the molecule is CCc1ccc(NC(=O)c2coc(C(N)CC)n2)cc1. The quantitative estimate of drug-likeness (QED) is 0.877. The summed E-state index contributed by atoms with van der Waals surface area (Å²) in [6.07, 6.45) is 3.01. The Bertz CT molecular complexity index is 575. The molecule has 0 saturated heterocycles. The molecule has 3 N–H and O–H groups in total. The fourth-order valence-corrected chi connectivity index (χ4v) is 1.76. The van der Waals surface area contributed by atoms with Crippen molar-refractivity contribution in [2.75, 3.05) is 5.32 Å². The van der Waals surface area contributed by atoms with Crippen LogP contribution in [0.3, 0.4) is 0 Å². The number of aryl methyl sites for hydroxylation is 1. The number of aromatic nitrogens is 1. The number of hydrogen-bond donors (Lipinski definition) is 2. The highest BCUT2D eigenvalue weighted by atomic mass is 16.3. The Morgan fingerprint density at radius 1 is 1.35 bits per heavy atom. The van der Waals surface area contributed by atoms with E-state index >= 15 is 0 Å². The van der Waals surface area contributed by atoms with Gasteiger partial charge in [0.15, 0.2) is 5.69 Å². The predicted octanol–water partition coefficient (Wildman–Crippen LogP) is 2.90. The molecule has 0 saturated carbocycles. The summed E-state index contributed by atoms with van der Waals surface area (Å²) in [6.45, 7) is 4.02. The Labute approximate surface area is 118 Å².